The van der Waals surface area contributed by atoms with Gasteiger partial charge in [0.2, 0.25) is 0 Å². The molecule has 5 rings (SSSR count). The van der Waals surface area contributed by atoms with E-state index in [2.05, 4.69) is 9.97 Å². The first-order valence-electron chi connectivity index (χ1n) is 12.9. The molecule has 2 aliphatic rings. The van der Waals surface area contributed by atoms with Crippen molar-refractivity contribution in [3.05, 3.63) is 96.1 Å². The second kappa shape index (κ2) is 10.7. The molecule has 0 radical (unpaired) electrons. The number of aromatic nitrogens is 2. The number of carbonyl (C=O) groups excluding carboxylic acids is 3. The molecule has 2 aliphatic heterocycles. The summed E-state index contributed by atoms with van der Waals surface area (Å²) >= 11 is 0. The third-order valence-corrected chi connectivity index (χ3v) is 8.10. The minimum absolute atomic E-state index is 0.0740. The van der Waals surface area contributed by atoms with Crippen molar-refractivity contribution in [2.45, 2.75) is 18.5 Å². The third kappa shape index (κ3) is 4.22. The van der Waals surface area contributed by atoms with E-state index >= 15 is 0 Å². The van der Waals surface area contributed by atoms with Gasteiger partial charge in [-0.05, 0) is 43.3 Å². The summed E-state index contributed by atoms with van der Waals surface area (Å²) in [6.45, 7) is 0.664. The van der Waals surface area contributed by atoms with Gasteiger partial charge in [0.15, 0.2) is 16.6 Å². The van der Waals surface area contributed by atoms with E-state index in [0.717, 1.165) is 5.56 Å². The zero-order chi connectivity index (χ0) is 27.6. The summed E-state index contributed by atoms with van der Waals surface area (Å²) in [6.07, 6.45) is 3.93. The summed E-state index contributed by atoms with van der Waals surface area (Å²) in [6, 6.07) is 19.1. The van der Waals surface area contributed by atoms with Crippen LogP contribution in [0.25, 0.3) is 0 Å². The lowest BCUT2D eigenvalue weighted by Crippen LogP contribution is -2.75. The first kappa shape index (κ1) is 26.6. The summed E-state index contributed by atoms with van der Waals surface area (Å²) in [4.78, 5) is 55.6. The summed E-state index contributed by atoms with van der Waals surface area (Å²) in [5.41, 5.74) is -1.29. The molecule has 2 aromatic heterocycles. The number of rotatable bonds is 7. The average Bonchev–Trinajstić information content (AvgIpc) is 2.98. The standard InChI is InChI=1S/C30H32N4O5/c1-33-24(22-13-7-9-16-31-22)29(27(36)38-2)19-34(18-15-21-11-5-4-6-12-21)20-30(26(29)35,28(37)39-3)25(33)23-14-8-10-17-32-23/h4-14,16-17,24-25H,15,18-20H2,1-3H3/t24?,25?,29-,30+. The molecule has 0 aliphatic carbocycles. The zero-order valence-electron chi connectivity index (χ0n) is 22.3. The molecule has 1 aromatic carbocycles. The Morgan fingerprint density at radius 3 is 1.74 bits per heavy atom. The Balaban J connectivity index is 1.74. The van der Waals surface area contributed by atoms with Crippen LogP contribution in [-0.2, 0) is 30.3 Å². The monoisotopic (exact) mass is 528 g/mol. The van der Waals surface area contributed by atoms with Crippen molar-refractivity contribution in [3.8, 4) is 0 Å². The number of hydrogen-bond acceptors (Lipinski definition) is 9. The highest BCUT2D eigenvalue weighted by Gasteiger charge is 2.75. The van der Waals surface area contributed by atoms with E-state index in [-0.39, 0.29) is 13.1 Å². The molecule has 0 amide bonds. The number of methoxy groups -OCH3 is 2. The van der Waals surface area contributed by atoms with Crippen LogP contribution in [0.1, 0.15) is 29.0 Å². The fourth-order valence-electron chi connectivity index (χ4n) is 6.56. The van der Waals surface area contributed by atoms with Gasteiger partial charge in [-0.1, -0.05) is 42.5 Å². The minimum Gasteiger partial charge on any atom is -0.468 e. The molecule has 3 aromatic rings. The number of benzene rings is 1. The topological polar surface area (TPSA) is 102 Å². The predicted molar refractivity (Wildman–Crippen MR) is 142 cm³/mol. The number of esters is 2. The first-order valence-corrected chi connectivity index (χ1v) is 12.9. The largest absolute Gasteiger partial charge is 0.468 e. The number of carbonyl (C=O) groups is 3. The van der Waals surface area contributed by atoms with Crippen LogP contribution in [-0.4, -0.2) is 78.4 Å². The number of likely N-dealkylation sites (tertiary alicyclic amines) is 2. The SMILES string of the molecule is COC(=O)[C@@]12CN(CCc3ccccc3)C[C@@](C(=O)OC)(C1=O)C(c1ccccn1)N(C)C2c1ccccn1. The highest BCUT2D eigenvalue weighted by Crippen LogP contribution is 2.60. The molecular formula is C30H32N4O5. The van der Waals surface area contributed by atoms with E-state index in [1.807, 2.05) is 52.3 Å². The van der Waals surface area contributed by atoms with Gasteiger partial charge in [0.25, 0.3) is 0 Å². The first-order chi connectivity index (χ1) is 18.9. The van der Waals surface area contributed by atoms with Crippen LogP contribution >= 0.6 is 0 Å². The van der Waals surface area contributed by atoms with E-state index in [4.69, 9.17) is 9.47 Å². The van der Waals surface area contributed by atoms with Crippen molar-refractivity contribution in [3.63, 3.8) is 0 Å². The molecule has 4 heterocycles. The van der Waals surface area contributed by atoms with Crippen molar-refractivity contribution in [1.82, 2.24) is 19.8 Å². The highest BCUT2D eigenvalue weighted by atomic mass is 16.5. The van der Waals surface area contributed by atoms with Gasteiger partial charge < -0.3 is 9.47 Å². The van der Waals surface area contributed by atoms with Gasteiger partial charge in [0, 0.05) is 32.0 Å². The Bertz CT molecular complexity index is 1260. The van der Waals surface area contributed by atoms with Crippen molar-refractivity contribution in [1.29, 1.82) is 0 Å². The quantitative estimate of drug-likeness (QED) is 0.338. The van der Waals surface area contributed by atoms with Gasteiger partial charge in [-0.3, -0.25) is 34.2 Å². The Labute approximate surface area is 227 Å². The molecule has 202 valence electrons. The molecule has 0 N–H and O–H groups in total. The maximum atomic E-state index is 14.9. The second-order valence-electron chi connectivity index (χ2n) is 10.2. The summed E-state index contributed by atoms with van der Waals surface area (Å²) in [5.74, 6) is -1.92. The van der Waals surface area contributed by atoms with Gasteiger partial charge in [0.1, 0.15) is 0 Å². The van der Waals surface area contributed by atoms with Crippen molar-refractivity contribution in [2.24, 2.45) is 10.8 Å². The third-order valence-electron chi connectivity index (χ3n) is 8.10. The number of ether oxygens (including phenoxy) is 2. The van der Waals surface area contributed by atoms with Crippen LogP contribution in [0.5, 0.6) is 0 Å². The number of fused-ring (bicyclic) bond motifs is 2. The minimum atomic E-state index is -1.73. The molecule has 2 bridgehead atoms. The molecular weight excluding hydrogens is 496 g/mol. The van der Waals surface area contributed by atoms with Gasteiger partial charge >= 0.3 is 11.9 Å². The number of Topliss-reactive ketones (excluding diaryl/α,β-unsaturated/α-hetero) is 1. The van der Waals surface area contributed by atoms with Gasteiger partial charge in [0.05, 0.1) is 37.7 Å². The van der Waals surface area contributed by atoms with Crippen molar-refractivity contribution >= 4 is 17.7 Å². The molecule has 4 atom stereocenters. The smallest absolute Gasteiger partial charge is 0.322 e. The Morgan fingerprint density at radius 2 is 1.31 bits per heavy atom. The van der Waals surface area contributed by atoms with Crippen LogP contribution in [0.4, 0.5) is 0 Å². The lowest BCUT2D eigenvalue weighted by atomic mass is 9.54. The molecule has 9 heteroatoms. The van der Waals surface area contributed by atoms with Gasteiger partial charge in [-0.2, -0.15) is 0 Å². The molecule has 2 saturated heterocycles. The highest BCUT2D eigenvalue weighted by molar-refractivity contribution is 6.17. The van der Waals surface area contributed by atoms with E-state index in [1.54, 1.807) is 43.7 Å². The molecule has 2 unspecified atom stereocenters. The van der Waals surface area contributed by atoms with Gasteiger partial charge in [-0.15, -0.1) is 0 Å². The summed E-state index contributed by atoms with van der Waals surface area (Å²) < 4.78 is 10.7. The van der Waals surface area contributed by atoms with Crippen LogP contribution in [0.15, 0.2) is 79.1 Å². The zero-order valence-corrected chi connectivity index (χ0v) is 22.3. The Hall–Kier alpha value is -3.95. The predicted octanol–water partition coefficient (Wildman–Crippen LogP) is 2.65. The van der Waals surface area contributed by atoms with E-state index in [9.17, 15) is 14.4 Å². The fraction of sp³-hybridized carbons (Fsp3) is 0.367. The van der Waals surface area contributed by atoms with E-state index in [0.29, 0.717) is 24.4 Å². The number of pyridine rings is 2. The van der Waals surface area contributed by atoms with E-state index < -0.39 is 40.6 Å². The normalized spacial score (nSPS) is 27.1. The summed E-state index contributed by atoms with van der Waals surface area (Å²) in [7, 11) is 4.35. The van der Waals surface area contributed by atoms with Crippen molar-refractivity contribution in [2.75, 3.05) is 40.9 Å². The molecule has 0 spiro atoms. The van der Waals surface area contributed by atoms with Crippen LogP contribution in [0.2, 0.25) is 0 Å². The van der Waals surface area contributed by atoms with Gasteiger partial charge in [-0.25, -0.2) is 0 Å². The maximum Gasteiger partial charge on any atom is 0.322 e. The van der Waals surface area contributed by atoms with Crippen LogP contribution in [0.3, 0.4) is 0 Å². The number of piperidine rings is 2. The average molecular weight is 529 g/mol. The molecule has 2 fully saturated rings. The maximum absolute atomic E-state index is 14.9. The number of ketones is 1. The Morgan fingerprint density at radius 1 is 0.821 bits per heavy atom. The molecule has 9 nitrogen and oxygen atoms in total. The lowest BCUT2D eigenvalue weighted by molar-refractivity contribution is -0.203. The van der Waals surface area contributed by atoms with E-state index in [1.165, 1.54) is 14.2 Å². The Kier molecular flexibility index (Phi) is 7.29. The second-order valence-corrected chi connectivity index (χ2v) is 10.2. The molecule has 39 heavy (non-hydrogen) atoms. The number of hydrogen-bond donors (Lipinski definition) is 0. The summed E-state index contributed by atoms with van der Waals surface area (Å²) in [5, 5.41) is 0. The van der Waals surface area contributed by atoms with Crippen molar-refractivity contribution < 1.29 is 23.9 Å². The van der Waals surface area contributed by atoms with Crippen LogP contribution in [0, 0.1) is 10.8 Å². The van der Waals surface area contributed by atoms with Crippen LogP contribution < -0.4 is 0 Å². The fourth-order valence-corrected chi connectivity index (χ4v) is 6.56. The lowest BCUT2D eigenvalue weighted by Gasteiger charge is -2.60. The number of nitrogens with zero attached hydrogens (tertiary/aromatic N) is 4. The molecule has 0 saturated carbocycles.